The highest BCUT2D eigenvalue weighted by molar-refractivity contribution is 6.03. The topological polar surface area (TPSA) is 291 Å². The van der Waals surface area contributed by atoms with Gasteiger partial charge in [0.1, 0.15) is 23.2 Å². The van der Waals surface area contributed by atoms with Gasteiger partial charge < -0.3 is 47.5 Å². The molecule has 55 heavy (non-hydrogen) atoms. The molecule has 7 amide bonds. The highest BCUT2D eigenvalue weighted by Gasteiger charge is 2.41. The SMILES string of the molecule is CC[C@H](C)[C@H](NC(=O)C(C)(C)NC(=O)[C@](C)(CC)NC(=O)[C@H](N)Cc1c[nH]c2ccccc12)C(=O)NC(=O)[C@H](CCC(=O)N[C@H](C(=O)O)[C@H](C)O)NC(C)=O. The molecule has 0 spiro atoms. The maximum atomic E-state index is 13.6. The molecule has 0 saturated heterocycles. The zero-order valence-electron chi connectivity index (χ0n) is 32.6. The zero-order valence-corrected chi connectivity index (χ0v) is 32.6. The van der Waals surface area contributed by atoms with E-state index in [1.54, 1.807) is 27.0 Å². The van der Waals surface area contributed by atoms with E-state index in [-0.39, 0.29) is 19.3 Å². The Morgan fingerprint density at radius 1 is 0.855 bits per heavy atom. The number of nitrogens with one attached hydrogen (secondary N) is 7. The second kappa shape index (κ2) is 19.8. The van der Waals surface area contributed by atoms with Crippen molar-refractivity contribution in [2.24, 2.45) is 11.7 Å². The largest absolute Gasteiger partial charge is 0.480 e. The van der Waals surface area contributed by atoms with E-state index < -0.39 is 101 Å². The van der Waals surface area contributed by atoms with Crippen molar-refractivity contribution in [1.82, 2.24) is 36.9 Å². The summed E-state index contributed by atoms with van der Waals surface area (Å²) >= 11 is 0. The van der Waals surface area contributed by atoms with Crippen molar-refractivity contribution in [2.45, 2.75) is 129 Å². The average Bonchev–Trinajstić information content (AvgIpc) is 3.52. The van der Waals surface area contributed by atoms with E-state index in [1.807, 2.05) is 24.3 Å². The molecule has 0 fully saturated rings. The molecule has 1 aromatic heterocycles. The molecule has 0 aliphatic heterocycles. The van der Waals surface area contributed by atoms with Gasteiger partial charge in [-0.15, -0.1) is 0 Å². The standard InChI is InChI=1S/C37H56N8O10/c1-9-19(3)28(32(51)43-31(50)26(40-21(5)47)15-16-27(48)41-29(20(4)46)33(52)53)42-34(54)36(6,7)45-35(55)37(8,10-2)44-30(49)24(38)17-22-18-39-25-14-12-11-13-23(22)25/h11-14,18-20,24,26,28-29,39,46H,9-10,15-17,38H2,1-8H3,(H,40,47)(H,41,48)(H,42,54)(H,44,49)(H,45,55)(H,52,53)(H,43,50,51)/t19-,20-,24+,26-,28-,29-,37-/m0/s1. The molecule has 0 radical (unpaired) electrons. The number of hydrogen-bond acceptors (Lipinski definition) is 10. The van der Waals surface area contributed by atoms with Crippen molar-refractivity contribution >= 4 is 58.2 Å². The van der Waals surface area contributed by atoms with Crippen LogP contribution in [-0.2, 0) is 44.8 Å². The number of aromatic amines is 1. The molecule has 18 heteroatoms. The molecule has 0 bridgehead atoms. The predicted molar refractivity (Wildman–Crippen MR) is 202 cm³/mol. The van der Waals surface area contributed by atoms with E-state index in [0.717, 1.165) is 23.4 Å². The Kier molecular flexibility index (Phi) is 16.5. The highest BCUT2D eigenvalue weighted by atomic mass is 16.4. The van der Waals surface area contributed by atoms with Crippen LogP contribution in [0.15, 0.2) is 30.5 Å². The van der Waals surface area contributed by atoms with Gasteiger partial charge in [0.15, 0.2) is 6.04 Å². The Morgan fingerprint density at radius 3 is 2.05 bits per heavy atom. The lowest BCUT2D eigenvalue weighted by Crippen LogP contribution is -2.66. The number of fused-ring (bicyclic) bond motifs is 1. The average molecular weight is 773 g/mol. The van der Waals surface area contributed by atoms with Gasteiger partial charge >= 0.3 is 5.97 Å². The zero-order chi connectivity index (χ0) is 41.8. The fourth-order valence-electron chi connectivity index (χ4n) is 5.51. The van der Waals surface area contributed by atoms with Crippen molar-refractivity contribution in [2.75, 3.05) is 0 Å². The van der Waals surface area contributed by atoms with Gasteiger partial charge in [-0.05, 0) is 64.5 Å². The highest BCUT2D eigenvalue weighted by Crippen LogP contribution is 2.20. The fourth-order valence-corrected chi connectivity index (χ4v) is 5.51. The van der Waals surface area contributed by atoms with Gasteiger partial charge in [0.05, 0.1) is 12.1 Å². The first-order valence-electron chi connectivity index (χ1n) is 18.1. The molecule has 18 nitrogen and oxygen atoms in total. The minimum Gasteiger partial charge on any atom is -0.480 e. The normalized spacial score (nSPS) is 15.8. The number of carbonyl (C=O) groups is 8. The molecule has 1 heterocycles. The number of carbonyl (C=O) groups excluding carboxylic acids is 7. The molecule has 0 unspecified atom stereocenters. The number of carboxylic acid groups (broad SMARTS) is 1. The first-order valence-corrected chi connectivity index (χ1v) is 18.1. The number of rotatable bonds is 20. The quantitative estimate of drug-likeness (QED) is 0.0828. The van der Waals surface area contributed by atoms with Crippen molar-refractivity contribution in [3.8, 4) is 0 Å². The summed E-state index contributed by atoms with van der Waals surface area (Å²) in [6, 6.07) is 2.27. The van der Waals surface area contributed by atoms with E-state index in [9.17, 15) is 48.6 Å². The molecule has 0 aliphatic carbocycles. The van der Waals surface area contributed by atoms with Crippen molar-refractivity contribution in [3.05, 3.63) is 36.0 Å². The molecular formula is C37H56N8O10. The summed E-state index contributed by atoms with van der Waals surface area (Å²) in [5, 5.41) is 34.4. The number of aliphatic carboxylic acids is 1. The smallest absolute Gasteiger partial charge is 0.328 e. The molecule has 0 aliphatic rings. The number of aromatic nitrogens is 1. The third-order valence-corrected chi connectivity index (χ3v) is 9.50. The second-order valence-corrected chi connectivity index (χ2v) is 14.5. The van der Waals surface area contributed by atoms with Gasteiger partial charge in [0.25, 0.3) is 0 Å². The van der Waals surface area contributed by atoms with E-state index in [2.05, 4.69) is 36.9 Å². The van der Waals surface area contributed by atoms with Crippen LogP contribution in [0, 0.1) is 5.92 Å². The maximum Gasteiger partial charge on any atom is 0.328 e. The van der Waals surface area contributed by atoms with Gasteiger partial charge in [-0.2, -0.15) is 0 Å². The third-order valence-electron chi connectivity index (χ3n) is 9.50. The molecular weight excluding hydrogens is 716 g/mol. The summed E-state index contributed by atoms with van der Waals surface area (Å²) in [6.07, 6.45) is 0.289. The summed E-state index contributed by atoms with van der Waals surface area (Å²) in [7, 11) is 0. The molecule has 7 atom stereocenters. The van der Waals surface area contributed by atoms with Gasteiger partial charge in [-0.25, -0.2) is 4.79 Å². The van der Waals surface area contributed by atoms with E-state index >= 15 is 0 Å². The lowest BCUT2D eigenvalue weighted by atomic mass is 9.92. The van der Waals surface area contributed by atoms with E-state index in [0.29, 0.717) is 6.42 Å². The van der Waals surface area contributed by atoms with Gasteiger partial charge in [0.2, 0.25) is 41.4 Å². The Morgan fingerprint density at radius 2 is 1.49 bits per heavy atom. The van der Waals surface area contributed by atoms with Crippen molar-refractivity contribution in [1.29, 1.82) is 0 Å². The van der Waals surface area contributed by atoms with Crippen LogP contribution < -0.4 is 37.6 Å². The van der Waals surface area contributed by atoms with Crippen LogP contribution in [0.5, 0.6) is 0 Å². The van der Waals surface area contributed by atoms with Crippen LogP contribution in [0.1, 0.15) is 86.6 Å². The Bertz CT molecular complexity index is 1740. The van der Waals surface area contributed by atoms with Crippen LogP contribution in [0.3, 0.4) is 0 Å². The Balaban J connectivity index is 2.12. The van der Waals surface area contributed by atoms with Crippen LogP contribution in [0.25, 0.3) is 10.9 Å². The first-order chi connectivity index (χ1) is 25.6. The number of hydrogen-bond donors (Lipinski definition) is 10. The Labute approximate surface area is 319 Å². The predicted octanol–water partition coefficient (Wildman–Crippen LogP) is -0.374. The molecule has 304 valence electrons. The monoisotopic (exact) mass is 772 g/mol. The lowest BCUT2D eigenvalue weighted by molar-refractivity contribution is -0.145. The lowest BCUT2D eigenvalue weighted by Gasteiger charge is -2.35. The van der Waals surface area contributed by atoms with Gasteiger partial charge in [0, 0.05) is 30.4 Å². The van der Waals surface area contributed by atoms with Crippen LogP contribution in [0.2, 0.25) is 0 Å². The fraction of sp³-hybridized carbons (Fsp3) is 0.568. The number of nitrogens with two attached hydrogens (primary N) is 1. The van der Waals surface area contributed by atoms with Gasteiger partial charge in [-0.3, -0.25) is 38.9 Å². The summed E-state index contributed by atoms with van der Waals surface area (Å²) in [6.45, 7) is 11.7. The van der Waals surface area contributed by atoms with Crippen LogP contribution in [0.4, 0.5) is 0 Å². The molecule has 11 N–H and O–H groups in total. The number of para-hydroxylation sites is 1. The second-order valence-electron chi connectivity index (χ2n) is 14.5. The van der Waals surface area contributed by atoms with Crippen LogP contribution >= 0.6 is 0 Å². The van der Waals surface area contributed by atoms with Crippen LogP contribution in [-0.4, -0.2) is 104 Å². The minimum atomic E-state index is -1.63. The third kappa shape index (κ3) is 12.9. The maximum absolute atomic E-state index is 13.6. The summed E-state index contributed by atoms with van der Waals surface area (Å²) < 4.78 is 0. The number of carboxylic acids is 1. The molecule has 0 saturated carbocycles. The summed E-state index contributed by atoms with van der Waals surface area (Å²) in [4.78, 5) is 106. The van der Waals surface area contributed by atoms with E-state index in [4.69, 9.17) is 5.73 Å². The van der Waals surface area contributed by atoms with Gasteiger partial charge in [-0.1, -0.05) is 45.4 Å². The van der Waals surface area contributed by atoms with Crippen molar-refractivity contribution in [3.63, 3.8) is 0 Å². The van der Waals surface area contributed by atoms with E-state index in [1.165, 1.54) is 27.7 Å². The van der Waals surface area contributed by atoms with Crippen molar-refractivity contribution < 1.29 is 48.6 Å². The number of aliphatic hydroxyl groups excluding tert-OH is 1. The number of imide groups is 1. The number of benzene rings is 1. The molecule has 1 aromatic carbocycles. The number of aliphatic hydroxyl groups is 1. The molecule has 2 rings (SSSR count). The summed E-state index contributed by atoms with van der Waals surface area (Å²) in [5.74, 6) is -7.46. The Hall–Kier alpha value is -5.36. The number of H-pyrrole nitrogens is 1. The summed E-state index contributed by atoms with van der Waals surface area (Å²) in [5.41, 5.74) is 4.87. The minimum absolute atomic E-state index is 0.139. The molecule has 2 aromatic rings. The number of amides is 7. The first kappa shape index (κ1) is 45.8.